The average Bonchev–Trinajstić information content (AvgIpc) is 2.35. The summed E-state index contributed by atoms with van der Waals surface area (Å²) in [6, 6.07) is 2.20. The van der Waals surface area contributed by atoms with Crippen molar-refractivity contribution >= 4 is 17.6 Å². The second-order valence-corrected chi connectivity index (χ2v) is 7.71. The van der Waals surface area contributed by atoms with Crippen molar-refractivity contribution < 1.29 is 0 Å². The highest BCUT2D eigenvalue weighted by Crippen LogP contribution is 2.30. The van der Waals surface area contributed by atoms with Gasteiger partial charge in [-0.25, -0.2) is 4.98 Å². The van der Waals surface area contributed by atoms with Gasteiger partial charge in [-0.15, -0.1) is 0 Å². The third-order valence-corrected chi connectivity index (χ3v) is 4.95. The van der Waals surface area contributed by atoms with Gasteiger partial charge in [0.15, 0.2) is 0 Å². The van der Waals surface area contributed by atoms with E-state index in [1.807, 2.05) is 0 Å². The monoisotopic (exact) mass is 293 g/mol. The van der Waals surface area contributed by atoms with Gasteiger partial charge in [0.2, 0.25) is 0 Å². The molecule has 2 rings (SSSR count). The van der Waals surface area contributed by atoms with Gasteiger partial charge >= 0.3 is 0 Å². The molecule has 0 amide bonds. The maximum Gasteiger partial charge on any atom is 0.133 e. The Morgan fingerprint density at radius 1 is 1.30 bits per heavy atom. The fourth-order valence-corrected chi connectivity index (χ4v) is 4.25. The van der Waals surface area contributed by atoms with Crippen molar-refractivity contribution in [3.8, 4) is 0 Å². The molecule has 0 aliphatic carbocycles. The Morgan fingerprint density at radius 3 is 2.55 bits per heavy atom. The quantitative estimate of drug-likeness (QED) is 0.923. The molecule has 2 heterocycles. The minimum absolute atomic E-state index is 0.674. The minimum Gasteiger partial charge on any atom is -0.354 e. The first-order valence-corrected chi connectivity index (χ1v) is 8.53. The summed E-state index contributed by atoms with van der Waals surface area (Å²) in [5.74, 6) is 1.20. The molecule has 2 unspecified atom stereocenters. The number of thioether (sulfide) groups is 1. The smallest absolute Gasteiger partial charge is 0.133 e. The number of nitrogens with one attached hydrogen (secondary N) is 1. The molecule has 1 fully saturated rings. The van der Waals surface area contributed by atoms with E-state index < -0.39 is 0 Å². The summed E-state index contributed by atoms with van der Waals surface area (Å²) in [6.07, 6.45) is 0. The maximum absolute atomic E-state index is 4.86. The summed E-state index contributed by atoms with van der Waals surface area (Å²) >= 11 is 2.09. The number of pyridine rings is 1. The Kier molecular flexibility index (Phi) is 5.33. The van der Waals surface area contributed by atoms with Gasteiger partial charge in [0, 0.05) is 41.4 Å². The summed E-state index contributed by atoms with van der Waals surface area (Å²) in [4.78, 5) is 7.34. The third kappa shape index (κ3) is 3.67. The molecule has 2 atom stereocenters. The second-order valence-electron chi connectivity index (χ2n) is 5.83. The normalized spacial score (nSPS) is 23.1. The van der Waals surface area contributed by atoms with Gasteiger partial charge in [-0.2, -0.15) is 11.8 Å². The molecule has 4 heteroatoms. The molecule has 1 aliphatic rings. The number of hydrogen-bond acceptors (Lipinski definition) is 4. The van der Waals surface area contributed by atoms with Crippen molar-refractivity contribution in [1.82, 2.24) is 10.3 Å². The Hall–Kier alpha value is -0.740. The summed E-state index contributed by atoms with van der Waals surface area (Å²) in [5.41, 5.74) is 3.84. The molecule has 0 bridgehead atoms. The summed E-state index contributed by atoms with van der Waals surface area (Å²) in [6.45, 7) is 15.2. The van der Waals surface area contributed by atoms with E-state index in [1.165, 1.54) is 16.9 Å². The molecular weight excluding hydrogens is 266 g/mol. The van der Waals surface area contributed by atoms with Crippen LogP contribution in [0.2, 0.25) is 0 Å². The van der Waals surface area contributed by atoms with E-state index in [2.05, 4.69) is 62.7 Å². The molecule has 1 saturated heterocycles. The van der Waals surface area contributed by atoms with Crippen LogP contribution in [0.25, 0.3) is 0 Å². The van der Waals surface area contributed by atoms with Crippen molar-refractivity contribution in [2.75, 3.05) is 24.5 Å². The van der Waals surface area contributed by atoms with Gasteiger partial charge in [0.05, 0.1) is 0 Å². The molecule has 3 nitrogen and oxygen atoms in total. The molecule has 20 heavy (non-hydrogen) atoms. The zero-order valence-electron chi connectivity index (χ0n) is 13.4. The number of anilines is 1. The van der Waals surface area contributed by atoms with Crippen LogP contribution in [0.3, 0.4) is 0 Å². The molecule has 0 radical (unpaired) electrons. The predicted molar refractivity (Wildman–Crippen MR) is 89.8 cm³/mol. The molecule has 0 saturated carbocycles. The van der Waals surface area contributed by atoms with Crippen molar-refractivity contribution in [2.45, 2.75) is 51.7 Å². The number of hydrogen-bond donors (Lipinski definition) is 1. The lowest BCUT2D eigenvalue weighted by Crippen LogP contribution is -2.41. The lowest BCUT2D eigenvalue weighted by molar-refractivity contribution is 0.687. The van der Waals surface area contributed by atoms with Crippen LogP contribution in [0.4, 0.5) is 5.82 Å². The maximum atomic E-state index is 4.86. The number of rotatable bonds is 4. The topological polar surface area (TPSA) is 28.2 Å². The van der Waals surface area contributed by atoms with Gasteiger partial charge in [-0.05, 0) is 32.0 Å². The van der Waals surface area contributed by atoms with E-state index >= 15 is 0 Å². The zero-order chi connectivity index (χ0) is 14.7. The van der Waals surface area contributed by atoms with Crippen LogP contribution >= 0.6 is 11.8 Å². The van der Waals surface area contributed by atoms with Crippen LogP contribution in [0.15, 0.2) is 6.07 Å². The van der Waals surface area contributed by atoms with Crippen molar-refractivity contribution in [1.29, 1.82) is 0 Å². The van der Waals surface area contributed by atoms with Gasteiger partial charge in [0.25, 0.3) is 0 Å². The molecule has 0 spiro atoms. The lowest BCUT2D eigenvalue weighted by atomic mass is 10.1. The Morgan fingerprint density at radius 2 is 1.95 bits per heavy atom. The van der Waals surface area contributed by atoms with E-state index in [1.54, 1.807) is 0 Å². The largest absolute Gasteiger partial charge is 0.354 e. The highest BCUT2D eigenvalue weighted by atomic mass is 32.2. The first kappa shape index (κ1) is 15.6. The molecule has 0 aromatic carbocycles. The lowest BCUT2D eigenvalue weighted by Gasteiger charge is -2.37. The van der Waals surface area contributed by atoms with E-state index in [0.717, 1.165) is 31.9 Å². The Balaban J connectivity index is 2.32. The first-order valence-electron chi connectivity index (χ1n) is 7.59. The molecule has 1 aromatic rings. The Labute approximate surface area is 127 Å². The SMILES string of the molecule is CCNCc1c(C)cc(C)nc1N1CC(C)SC(C)C1. The molecule has 1 aliphatic heterocycles. The molecule has 112 valence electrons. The standard InChI is InChI=1S/C16H27N3S/c1-6-17-8-15-11(2)7-12(3)18-16(15)19-9-13(4)20-14(5)10-19/h7,13-14,17H,6,8-10H2,1-5H3. The number of aromatic nitrogens is 1. The fourth-order valence-electron chi connectivity index (χ4n) is 2.92. The van der Waals surface area contributed by atoms with E-state index in [4.69, 9.17) is 4.98 Å². The van der Waals surface area contributed by atoms with Gasteiger partial charge in [0.1, 0.15) is 5.82 Å². The molecular formula is C16H27N3S. The van der Waals surface area contributed by atoms with Crippen LogP contribution in [0.5, 0.6) is 0 Å². The molecule has 1 aromatic heterocycles. The van der Waals surface area contributed by atoms with Crippen LogP contribution in [-0.2, 0) is 6.54 Å². The van der Waals surface area contributed by atoms with Crippen LogP contribution in [0.1, 0.15) is 37.6 Å². The molecule has 1 N–H and O–H groups in total. The minimum atomic E-state index is 0.674. The summed E-state index contributed by atoms with van der Waals surface area (Å²) in [5, 5.41) is 4.80. The van der Waals surface area contributed by atoms with Gasteiger partial charge < -0.3 is 10.2 Å². The van der Waals surface area contributed by atoms with Crippen LogP contribution in [-0.4, -0.2) is 35.1 Å². The van der Waals surface area contributed by atoms with E-state index in [9.17, 15) is 0 Å². The Bertz CT molecular complexity index is 451. The third-order valence-electron chi connectivity index (χ3n) is 3.72. The van der Waals surface area contributed by atoms with Crippen LogP contribution < -0.4 is 10.2 Å². The second kappa shape index (κ2) is 6.81. The average molecular weight is 293 g/mol. The van der Waals surface area contributed by atoms with Gasteiger partial charge in [-0.3, -0.25) is 0 Å². The van der Waals surface area contributed by atoms with Crippen LogP contribution in [0, 0.1) is 13.8 Å². The van der Waals surface area contributed by atoms with E-state index in [-0.39, 0.29) is 0 Å². The van der Waals surface area contributed by atoms with Crippen molar-refractivity contribution in [3.05, 3.63) is 22.9 Å². The summed E-state index contributed by atoms with van der Waals surface area (Å²) in [7, 11) is 0. The van der Waals surface area contributed by atoms with E-state index in [0.29, 0.717) is 10.5 Å². The number of aryl methyl sites for hydroxylation is 2. The highest BCUT2D eigenvalue weighted by molar-refractivity contribution is 8.00. The predicted octanol–water partition coefficient (Wildman–Crippen LogP) is 3.14. The van der Waals surface area contributed by atoms with Gasteiger partial charge in [-0.1, -0.05) is 20.8 Å². The van der Waals surface area contributed by atoms with Crippen molar-refractivity contribution in [2.24, 2.45) is 0 Å². The van der Waals surface area contributed by atoms with Crippen molar-refractivity contribution in [3.63, 3.8) is 0 Å². The highest BCUT2D eigenvalue weighted by Gasteiger charge is 2.25. The number of nitrogens with zero attached hydrogens (tertiary/aromatic N) is 2. The zero-order valence-corrected chi connectivity index (χ0v) is 14.2. The summed E-state index contributed by atoms with van der Waals surface area (Å²) < 4.78 is 0. The first-order chi connectivity index (χ1) is 9.51. The fraction of sp³-hybridized carbons (Fsp3) is 0.688.